The molecule has 2 aromatic rings. The van der Waals surface area contributed by atoms with Crippen molar-refractivity contribution in [3.05, 3.63) is 69.2 Å². The van der Waals surface area contributed by atoms with Gasteiger partial charge in [0.05, 0.1) is 28.1 Å². The zero-order valence-corrected chi connectivity index (χ0v) is 17.2. The number of esters is 1. The number of carbonyl (C=O) groups is 4. The van der Waals surface area contributed by atoms with Gasteiger partial charge in [-0.05, 0) is 18.2 Å². The Hall–Kier alpha value is -3.99. The van der Waals surface area contributed by atoms with E-state index in [0.29, 0.717) is 10.7 Å². The lowest BCUT2D eigenvalue weighted by Crippen LogP contribution is -2.43. The SMILES string of the molecule is O=C(COC(=O)[C@@H]1CC(=O)N(NC(=O)c2ccccc2[N+](=O)[O-])C1)Nc1ccccc1Cl. The number of nitrogens with one attached hydrogen (secondary N) is 2. The molecule has 1 aliphatic heterocycles. The Morgan fingerprint density at radius 2 is 1.84 bits per heavy atom. The first-order valence-corrected chi connectivity index (χ1v) is 9.70. The minimum atomic E-state index is -0.915. The van der Waals surface area contributed by atoms with Gasteiger partial charge in [0.2, 0.25) is 5.91 Å². The molecule has 3 amide bonds. The van der Waals surface area contributed by atoms with Gasteiger partial charge in [-0.3, -0.25) is 39.7 Å². The van der Waals surface area contributed by atoms with E-state index < -0.39 is 46.8 Å². The van der Waals surface area contributed by atoms with Gasteiger partial charge >= 0.3 is 5.97 Å². The van der Waals surface area contributed by atoms with Gasteiger partial charge < -0.3 is 10.1 Å². The van der Waals surface area contributed by atoms with Crippen molar-refractivity contribution < 1.29 is 28.8 Å². The maximum absolute atomic E-state index is 12.4. The predicted octanol–water partition coefficient (Wildman–Crippen LogP) is 1.92. The normalized spacial score (nSPS) is 15.2. The fourth-order valence-electron chi connectivity index (χ4n) is 2.98. The molecule has 1 heterocycles. The molecule has 3 rings (SSSR count). The standard InChI is InChI=1S/C20H17ClN4O7/c21-14-6-2-3-7-15(14)22-17(26)11-32-20(29)12-9-18(27)24(10-12)23-19(28)13-5-1-4-8-16(13)25(30)31/h1-8,12H,9-11H2,(H,22,26)(H,23,28)/t12-/m1/s1. The Balaban J connectivity index is 1.53. The summed E-state index contributed by atoms with van der Waals surface area (Å²) in [4.78, 5) is 59.1. The van der Waals surface area contributed by atoms with Gasteiger partial charge in [-0.25, -0.2) is 0 Å². The molecule has 1 atom stereocenters. The number of amides is 3. The first-order chi connectivity index (χ1) is 15.3. The van der Waals surface area contributed by atoms with E-state index in [1.54, 1.807) is 24.3 Å². The number of rotatable bonds is 7. The molecule has 32 heavy (non-hydrogen) atoms. The Bertz CT molecular complexity index is 1090. The number of anilines is 1. The molecule has 1 saturated heterocycles. The summed E-state index contributed by atoms with van der Waals surface area (Å²) in [6.45, 7) is -0.784. The van der Waals surface area contributed by atoms with Gasteiger partial charge in [-0.2, -0.15) is 0 Å². The van der Waals surface area contributed by atoms with E-state index >= 15 is 0 Å². The van der Waals surface area contributed by atoms with Crippen LogP contribution in [-0.4, -0.2) is 46.8 Å². The Morgan fingerprint density at radius 1 is 1.16 bits per heavy atom. The molecule has 0 spiro atoms. The molecule has 2 aromatic carbocycles. The maximum Gasteiger partial charge on any atom is 0.311 e. The molecule has 12 heteroatoms. The van der Waals surface area contributed by atoms with E-state index in [-0.39, 0.29) is 18.5 Å². The average molecular weight is 461 g/mol. The monoisotopic (exact) mass is 460 g/mol. The Labute approximate surface area is 186 Å². The van der Waals surface area contributed by atoms with E-state index in [4.69, 9.17) is 16.3 Å². The number of para-hydroxylation sites is 2. The van der Waals surface area contributed by atoms with Crippen LogP contribution in [0.3, 0.4) is 0 Å². The highest BCUT2D eigenvalue weighted by molar-refractivity contribution is 6.33. The topological polar surface area (TPSA) is 148 Å². The van der Waals surface area contributed by atoms with Crippen molar-refractivity contribution in [3.8, 4) is 0 Å². The third-order valence-electron chi connectivity index (χ3n) is 4.53. The first-order valence-electron chi connectivity index (χ1n) is 9.32. The van der Waals surface area contributed by atoms with E-state index in [9.17, 15) is 29.3 Å². The van der Waals surface area contributed by atoms with Gasteiger partial charge in [-0.1, -0.05) is 35.9 Å². The summed E-state index contributed by atoms with van der Waals surface area (Å²) in [5, 5.41) is 14.8. The lowest BCUT2D eigenvalue weighted by molar-refractivity contribution is -0.385. The molecule has 1 fully saturated rings. The second-order valence-corrected chi connectivity index (χ2v) is 7.16. The lowest BCUT2D eigenvalue weighted by atomic mass is 10.1. The molecule has 166 valence electrons. The van der Waals surface area contributed by atoms with Crippen LogP contribution in [0.15, 0.2) is 48.5 Å². The van der Waals surface area contributed by atoms with Gasteiger partial charge in [0.25, 0.3) is 17.5 Å². The number of hydrogen-bond acceptors (Lipinski definition) is 7. The molecule has 0 bridgehead atoms. The Kier molecular flexibility index (Phi) is 7.00. The molecule has 1 aliphatic rings. The zero-order chi connectivity index (χ0) is 23.3. The number of ether oxygens (including phenoxy) is 1. The second-order valence-electron chi connectivity index (χ2n) is 6.76. The molecule has 2 N–H and O–H groups in total. The Morgan fingerprint density at radius 3 is 2.56 bits per heavy atom. The largest absolute Gasteiger partial charge is 0.455 e. The lowest BCUT2D eigenvalue weighted by Gasteiger charge is -2.17. The van der Waals surface area contributed by atoms with Crippen LogP contribution in [0.4, 0.5) is 11.4 Å². The number of nitrogens with zero attached hydrogens (tertiary/aromatic N) is 2. The highest BCUT2D eigenvalue weighted by Gasteiger charge is 2.37. The van der Waals surface area contributed by atoms with Crippen LogP contribution in [0, 0.1) is 16.0 Å². The number of benzene rings is 2. The number of carbonyl (C=O) groups excluding carboxylic acids is 4. The highest BCUT2D eigenvalue weighted by Crippen LogP contribution is 2.22. The molecule has 0 aliphatic carbocycles. The summed E-state index contributed by atoms with van der Waals surface area (Å²) in [5.41, 5.74) is 1.98. The van der Waals surface area contributed by atoms with E-state index in [1.807, 2.05) is 0 Å². The number of hydrogen-bond donors (Lipinski definition) is 2. The van der Waals surface area contributed by atoms with E-state index in [2.05, 4.69) is 10.7 Å². The summed E-state index contributed by atoms with van der Waals surface area (Å²) in [6.07, 6.45) is -0.248. The van der Waals surface area contributed by atoms with Crippen molar-refractivity contribution in [2.75, 3.05) is 18.5 Å². The molecular weight excluding hydrogens is 444 g/mol. The van der Waals surface area contributed by atoms with Crippen molar-refractivity contribution in [3.63, 3.8) is 0 Å². The fourth-order valence-corrected chi connectivity index (χ4v) is 3.17. The third-order valence-corrected chi connectivity index (χ3v) is 4.86. The zero-order valence-electron chi connectivity index (χ0n) is 16.4. The molecular formula is C20H17ClN4O7. The maximum atomic E-state index is 12.4. The van der Waals surface area contributed by atoms with Crippen LogP contribution in [0.25, 0.3) is 0 Å². The minimum Gasteiger partial charge on any atom is -0.455 e. The van der Waals surface area contributed by atoms with Crippen molar-refractivity contribution >= 4 is 46.7 Å². The summed E-state index contributed by atoms with van der Waals surface area (Å²) in [6, 6.07) is 11.8. The first kappa shape index (κ1) is 22.7. The smallest absolute Gasteiger partial charge is 0.311 e. The fraction of sp³-hybridized carbons (Fsp3) is 0.200. The molecule has 0 aromatic heterocycles. The van der Waals surface area contributed by atoms with Gasteiger partial charge in [0.15, 0.2) is 6.61 Å². The van der Waals surface area contributed by atoms with Crippen molar-refractivity contribution in [1.82, 2.24) is 10.4 Å². The van der Waals surface area contributed by atoms with Gasteiger partial charge in [-0.15, -0.1) is 0 Å². The minimum absolute atomic E-state index is 0.198. The molecule has 0 unspecified atom stereocenters. The van der Waals surface area contributed by atoms with E-state index in [1.165, 1.54) is 18.2 Å². The molecule has 0 radical (unpaired) electrons. The average Bonchev–Trinajstić information content (AvgIpc) is 3.13. The van der Waals surface area contributed by atoms with Crippen molar-refractivity contribution in [2.24, 2.45) is 5.92 Å². The van der Waals surface area contributed by atoms with Crippen LogP contribution in [0.5, 0.6) is 0 Å². The van der Waals surface area contributed by atoms with Crippen LogP contribution >= 0.6 is 11.6 Å². The van der Waals surface area contributed by atoms with Crippen LogP contribution in [0.2, 0.25) is 5.02 Å². The second kappa shape index (κ2) is 9.88. The summed E-state index contributed by atoms with van der Waals surface area (Å²) in [5.74, 6) is -3.76. The number of hydrazine groups is 1. The summed E-state index contributed by atoms with van der Waals surface area (Å²) < 4.78 is 4.96. The highest BCUT2D eigenvalue weighted by atomic mass is 35.5. The van der Waals surface area contributed by atoms with Gasteiger partial charge in [0.1, 0.15) is 5.56 Å². The quantitative estimate of drug-likeness (QED) is 0.364. The van der Waals surface area contributed by atoms with Crippen molar-refractivity contribution in [1.29, 1.82) is 0 Å². The summed E-state index contributed by atoms with van der Waals surface area (Å²) in [7, 11) is 0. The number of nitro groups is 1. The van der Waals surface area contributed by atoms with Crippen LogP contribution in [-0.2, 0) is 19.1 Å². The number of nitro benzene ring substituents is 1. The van der Waals surface area contributed by atoms with Gasteiger partial charge in [0, 0.05) is 12.5 Å². The predicted molar refractivity (Wildman–Crippen MR) is 111 cm³/mol. The number of halogens is 1. The van der Waals surface area contributed by atoms with Crippen molar-refractivity contribution in [2.45, 2.75) is 6.42 Å². The molecule has 0 saturated carbocycles. The van der Waals surface area contributed by atoms with Crippen LogP contribution < -0.4 is 10.7 Å². The van der Waals surface area contributed by atoms with E-state index in [0.717, 1.165) is 11.1 Å². The summed E-state index contributed by atoms with van der Waals surface area (Å²) >= 11 is 5.94. The third kappa shape index (κ3) is 5.38. The van der Waals surface area contributed by atoms with Crippen LogP contribution in [0.1, 0.15) is 16.8 Å². The molecule has 11 nitrogen and oxygen atoms in total.